The van der Waals surface area contributed by atoms with E-state index in [1.165, 1.54) is 0 Å². The van der Waals surface area contributed by atoms with Crippen LogP contribution < -0.4 is 4.72 Å². The van der Waals surface area contributed by atoms with E-state index < -0.39 is 39.2 Å². The number of rotatable bonds is 7. The Morgan fingerprint density at radius 3 is 2.14 bits per heavy atom. The largest absolute Gasteiger partial charge is 0.516 e. The second-order valence-corrected chi connectivity index (χ2v) is 6.63. The molecule has 0 heterocycles. The fourth-order valence-electron chi connectivity index (χ4n) is 0.996. The van der Waals surface area contributed by atoms with Gasteiger partial charge in [-0.2, -0.15) is 21.6 Å². The second kappa shape index (κ2) is 7.10. The van der Waals surface area contributed by atoms with E-state index in [4.69, 9.17) is 4.74 Å². The molecular weight excluding hydrogens is 315 g/mol. The van der Waals surface area contributed by atoms with Gasteiger partial charge in [0.2, 0.25) is 5.91 Å². The van der Waals surface area contributed by atoms with Crippen molar-refractivity contribution in [2.24, 2.45) is 5.41 Å². The van der Waals surface area contributed by atoms with Crippen molar-refractivity contribution in [3.05, 3.63) is 0 Å². The summed E-state index contributed by atoms with van der Waals surface area (Å²) >= 11 is 0. The Labute approximate surface area is 121 Å². The smallest absolute Gasteiger partial charge is 0.465 e. The molecule has 0 aliphatic heterocycles. The van der Waals surface area contributed by atoms with Crippen molar-refractivity contribution < 1.29 is 35.9 Å². The molecule has 0 unspecified atom stereocenters. The molecule has 21 heavy (non-hydrogen) atoms. The van der Waals surface area contributed by atoms with Gasteiger partial charge in [-0.15, -0.1) is 0 Å². The normalized spacial score (nSPS) is 12.9. The third-order valence-electron chi connectivity index (χ3n) is 2.77. The second-order valence-electron chi connectivity index (χ2n) is 4.95. The van der Waals surface area contributed by atoms with E-state index >= 15 is 0 Å². The molecule has 1 N–H and O–H groups in total. The molecule has 0 saturated carbocycles. The minimum Gasteiger partial charge on any atom is -0.465 e. The minimum absolute atomic E-state index is 0.0786. The fourth-order valence-corrected chi connectivity index (χ4v) is 1.51. The van der Waals surface area contributed by atoms with Crippen LogP contribution in [-0.4, -0.2) is 32.4 Å². The molecule has 0 saturated heterocycles. The van der Waals surface area contributed by atoms with Crippen LogP contribution in [0.15, 0.2) is 0 Å². The number of hydrogen-bond acceptors (Lipinski definition) is 5. The number of hydrogen-bond donors (Lipinski definition) is 1. The first-order valence-electron chi connectivity index (χ1n) is 6.12. The van der Waals surface area contributed by atoms with Crippen molar-refractivity contribution in [3.8, 4) is 0 Å². The van der Waals surface area contributed by atoms with Crippen LogP contribution in [0.5, 0.6) is 0 Å². The lowest BCUT2D eigenvalue weighted by molar-refractivity contribution is -0.154. The van der Waals surface area contributed by atoms with Gasteiger partial charge in [0.1, 0.15) is 0 Å². The molecule has 0 spiro atoms. The van der Waals surface area contributed by atoms with Gasteiger partial charge in [0.05, 0.1) is 12.0 Å². The van der Waals surface area contributed by atoms with Crippen LogP contribution in [0.1, 0.15) is 40.0 Å². The summed E-state index contributed by atoms with van der Waals surface area (Å²) in [6, 6.07) is 0. The number of halogens is 3. The number of carbonyl (C=O) groups excluding carboxylic acids is 2. The maximum atomic E-state index is 12.0. The molecule has 1 amide bonds. The molecule has 0 aliphatic carbocycles. The van der Waals surface area contributed by atoms with Crippen LogP contribution in [0.3, 0.4) is 0 Å². The van der Waals surface area contributed by atoms with Gasteiger partial charge in [-0.3, -0.25) is 9.59 Å². The first-order chi connectivity index (χ1) is 9.33. The molecule has 0 aromatic carbocycles. The van der Waals surface area contributed by atoms with Crippen molar-refractivity contribution in [2.75, 3.05) is 6.61 Å². The van der Waals surface area contributed by atoms with Gasteiger partial charge in [-0.25, -0.2) is 4.72 Å². The Bertz CT molecular complexity index is 485. The number of nitrogens with one attached hydrogen (secondary N) is 1. The van der Waals surface area contributed by atoms with Crippen molar-refractivity contribution in [2.45, 2.75) is 45.5 Å². The number of alkyl halides is 3. The van der Waals surface area contributed by atoms with Crippen LogP contribution in [0, 0.1) is 5.41 Å². The van der Waals surface area contributed by atoms with E-state index in [1.807, 2.05) is 0 Å². The lowest BCUT2D eigenvalue weighted by Crippen LogP contribution is -2.40. The molecule has 0 atom stereocenters. The third-order valence-corrected chi connectivity index (χ3v) is 3.88. The molecule has 0 aromatic heterocycles. The third kappa shape index (κ3) is 6.32. The van der Waals surface area contributed by atoms with Crippen molar-refractivity contribution in [1.29, 1.82) is 0 Å². The maximum Gasteiger partial charge on any atom is 0.516 e. The summed E-state index contributed by atoms with van der Waals surface area (Å²) in [4.78, 5) is 22.6. The zero-order valence-corrected chi connectivity index (χ0v) is 12.7. The van der Waals surface area contributed by atoms with Gasteiger partial charge in [0.25, 0.3) is 0 Å². The quantitative estimate of drug-likeness (QED) is 0.566. The molecule has 0 fully saturated rings. The summed E-state index contributed by atoms with van der Waals surface area (Å²) in [5.41, 5.74) is -6.23. The van der Waals surface area contributed by atoms with Gasteiger partial charge in [0.15, 0.2) is 0 Å². The fraction of sp³-hybridized carbons (Fsp3) is 0.818. The highest BCUT2D eigenvalue weighted by Gasteiger charge is 2.46. The number of amides is 1. The Balaban J connectivity index is 4.17. The Morgan fingerprint density at radius 2 is 1.71 bits per heavy atom. The van der Waals surface area contributed by atoms with Crippen molar-refractivity contribution in [1.82, 2.24) is 4.72 Å². The van der Waals surface area contributed by atoms with Crippen LogP contribution in [-0.2, 0) is 24.3 Å². The standard InChI is InChI=1S/C11H18F3NO5S/c1-4-10(2,3)9(17)20-7-5-6-8(16)15-21(18,19)11(12,13)14/h4-7H2,1-3H3,(H,15,16). The highest BCUT2D eigenvalue weighted by atomic mass is 32.2. The van der Waals surface area contributed by atoms with Crippen molar-refractivity contribution >= 4 is 21.9 Å². The first-order valence-corrected chi connectivity index (χ1v) is 7.61. The van der Waals surface area contributed by atoms with Crippen LogP contribution in [0.4, 0.5) is 13.2 Å². The van der Waals surface area contributed by atoms with E-state index in [9.17, 15) is 31.2 Å². The van der Waals surface area contributed by atoms with Crippen LogP contribution in [0.25, 0.3) is 0 Å². The summed E-state index contributed by atoms with van der Waals surface area (Å²) < 4.78 is 63.0. The van der Waals surface area contributed by atoms with E-state index in [0.717, 1.165) is 4.72 Å². The predicted octanol–water partition coefficient (Wildman–Crippen LogP) is 1.71. The van der Waals surface area contributed by atoms with Gasteiger partial charge in [0, 0.05) is 6.42 Å². The van der Waals surface area contributed by atoms with E-state index in [2.05, 4.69) is 0 Å². The maximum absolute atomic E-state index is 12.0. The summed E-state index contributed by atoms with van der Waals surface area (Å²) in [5, 5.41) is 0. The molecule has 0 aliphatic rings. The Morgan fingerprint density at radius 1 is 1.19 bits per heavy atom. The molecule has 0 rings (SSSR count). The highest BCUT2D eigenvalue weighted by molar-refractivity contribution is 7.90. The minimum atomic E-state index is -5.68. The zero-order chi connectivity index (χ0) is 16.9. The van der Waals surface area contributed by atoms with E-state index in [1.54, 1.807) is 20.8 Å². The molecule has 10 heteroatoms. The van der Waals surface area contributed by atoms with Crippen LogP contribution in [0.2, 0.25) is 0 Å². The number of carbonyl (C=O) groups is 2. The average molecular weight is 333 g/mol. The zero-order valence-electron chi connectivity index (χ0n) is 11.9. The Kier molecular flexibility index (Phi) is 6.65. The average Bonchev–Trinajstić information content (AvgIpc) is 2.32. The number of esters is 1. The number of ether oxygens (including phenoxy) is 1. The van der Waals surface area contributed by atoms with Crippen molar-refractivity contribution in [3.63, 3.8) is 0 Å². The lowest BCUT2D eigenvalue weighted by Gasteiger charge is -2.20. The highest BCUT2D eigenvalue weighted by Crippen LogP contribution is 2.22. The topological polar surface area (TPSA) is 89.5 Å². The molecule has 0 aromatic rings. The first kappa shape index (κ1) is 19.7. The number of sulfonamides is 1. The van der Waals surface area contributed by atoms with E-state index in [0.29, 0.717) is 6.42 Å². The SMILES string of the molecule is CCC(C)(C)C(=O)OCCCC(=O)NS(=O)(=O)C(F)(F)F. The predicted molar refractivity (Wildman–Crippen MR) is 67.4 cm³/mol. The molecule has 6 nitrogen and oxygen atoms in total. The molecular formula is C11H18F3NO5S. The van der Waals surface area contributed by atoms with Crippen LogP contribution >= 0.6 is 0 Å². The molecule has 124 valence electrons. The lowest BCUT2D eigenvalue weighted by atomic mass is 9.91. The molecule has 0 bridgehead atoms. The van der Waals surface area contributed by atoms with Gasteiger partial charge >= 0.3 is 21.5 Å². The van der Waals surface area contributed by atoms with E-state index in [-0.39, 0.29) is 13.0 Å². The summed E-state index contributed by atoms with van der Waals surface area (Å²) in [5.74, 6) is -1.80. The Hall–Kier alpha value is -1.32. The monoisotopic (exact) mass is 333 g/mol. The summed E-state index contributed by atoms with van der Waals surface area (Å²) in [6.45, 7) is 4.94. The molecule has 0 radical (unpaired) electrons. The van der Waals surface area contributed by atoms with Gasteiger partial charge in [-0.05, 0) is 26.7 Å². The van der Waals surface area contributed by atoms with Gasteiger partial charge < -0.3 is 4.74 Å². The summed E-state index contributed by atoms with van der Waals surface area (Å²) in [7, 11) is -5.68. The summed E-state index contributed by atoms with van der Waals surface area (Å²) in [6.07, 6.45) is -0.0456. The van der Waals surface area contributed by atoms with Gasteiger partial charge in [-0.1, -0.05) is 6.92 Å².